The lowest BCUT2D eigenvalue weighted by molar-refractivity contribution is -0.671. The third-order valence-electron chi connectivity index (χ3n) is 4.66. The molecule has 4 rings (SSSR count). The number of hydrogen-bond acceptors (Lipinski definition) is 0. The molecule has 0 unspecified atom stereocenters. The monoisotopic (exact) mass is 278 g/mol. The van der Waals surface area contributed by atoms with Crippen molar-refractivity contribution in [2.24, 2.45) is 14.1 Å². The van der Waals surface area contributed by atoms with Crippen LogP contribution in [0.3, 0.4) is 0 Å². The van der Waals surface area contributed by atoms with Crippen LogP contribution in [0.2, 0.25) is 0 Å². The minimum atomic E-state index is 1.33. The molecule has 1 aromatic carbocycles. The van der Waals surface area contributed by atoms with Crippen molar-refractivity contribution >= 4 is 22.1 Å². The van der Waals surface area contributed by atoms with E-state index in [1.54, 1.807) is 0 Å². The number of nitrogens with two attached hydrogens (primary N) is 1. The summed E-state index contributed by atoms with van der Waals surface area (Å²) in [6.45, 7) is 4.49. The van der Waals surface area contributed by atoms with Crippen molar-refractivity contribution in [3.8, 4) is 11.1 Å². The highest BCUT2D eigenvalue weighted by Crippen LogP contribution is 2.42. The second-order valence-electron chi connectivity index (χ2n) is 6.10. The first-order valence-electron chi connectivity index (χ1n) is 7.33. The van der Waals surface area contributed by atoms with E-state index >= 15 is 0 Å². The molecule has 0 fully saturated rings. The first kappa shape index (κ1) is 12.5. The van der Waals surface area contributed by atoms with E-state index in [9.17, 15) is 0 Å². The van der Waals surface area contributed by atoms with E-state index in [1.165, 1.54) is 44.4 Å². The average molecular weight is 278 g/mol. The minimum Gasteiger partial charge on any atom is -0.280 e. The van der Waals surface area contributed by atoms with Crippen molar-refractivity contribution in [1.82, 2.24) is 0 Å². The Bertz CT molecular complexity index is 910. The molecule has 0 bridgehead atoms. The topological polar surface area (TPSA) is 24.4 Å². The standard InChI is InChI=1S/C18H18N3/c1-11-14-9-20(3)7-5-13(14)12(2)18-17(11)15-10-21(4)8-6-16(15)19-18/h5-10H,1-4H3/q+1/p+2. The highest BCUT2D eigenvalue weighted by molar-refractivity contribution is 6.01. The maximum atomic E-state index is 2.33. The van der Waals surface area contributed by atoms with E-state index in [0.29, 0.717) is 0 Å². The van der Waals surface area contributed by atoms with E-state index in [4.69, 9.17) is 0 Å². The van der Waals surface area contributed by atoms with Crippen LogP contribution < -0.4 is 14.5 Å². The van der Waals surface area contributed by atoms with Gasteiger partial charge in [-0.05, 0) is 19.4 Å². The van der Waals surface area contributed by atoms with E-state index in [1.807, 2.05) is 0 Å². The minimum absolute atomic E-state index is 1.33. The third kappa shape index (κ3) is 1.64. The molecular formula is C18H20N3+3. The number of nitrogens with zero attached hydrogens (tertiary/aromatic N) is 2. The fourth-order valence-corrected chi connectivity index (χ4v) is 3.52. The zero-order chi connectivity index (χ0) is 14.7. The van der Waals surface area contributed by atoms with Gasteiger partial charge in [-0.3, -0.25) is 5.32 Å². The van der Waals surface area contributed by atoms with Crippen LogP contribution in [0.1, 0.15) is 11.1 Å². The van der Waals surface area contributed by atoms with Gasteiger partial charge in [0.1, 0.15) is 25.3 Å². The molecule has 0 amide bonds. The van der Waals surface area contributed by atoms with Gasteiger partial charge in [-0.2, -0.15) is 0 Å². The first-order chi connectivity index (χ1) is 10.1. The van der Waals surface area contributed by atoms with Gasteiger partial charge in [0.2, 0.25) is 0 Å². The number of aryl methyl sites for hydroxylation is 4. The highest BCUT2D eigenvalue weighted by atomic mass is 15.0. The Balaban J connectivity index is 2.16. The van der Waals surface area contributed by atoms with Crippen LogP contribution in [-0.4, -0.2) is 0 Å². The second kappa shape index (κ2) is 4.12. The van der Waals surface area contributed by atoms with Crippen molar-refractivity contribution in [3.05, 3.63) is 48.0 Å². The fourth-order valence-electron chi connectivity index (χ4n) is 3.52. The maximum Gasteiger partial charge on any atom is 0.182 e. The number of hydrogen-bond donors (Lipinski definition) is 1. The molecular weight excluding hydrogens is 258 g/mol. The Morgan fingerprint density at radius 1 is 0.857 bits per heavy atom. The maximum absolute atomic E-state index is 2.33. The zero-order valence-electron chi connectivity index (χ0n) is 12.9. The summed E-state index contributed by atoms with van der Waals surface area (Å²) in [7, 11) is 4.17. The van der Waals surface area contributed by atoms with Gasteiger partial charge in [0.05, 0.1) is 11.6 Å². The largest absolute Gasteiger partial charge is 0.280 e. The van der Waals surface area contributed by atoms with E-state index in [2.05, 4.69) is 79.3 Å². The highest BCUT2D eigenvalue weighted by Gasteiger charge is 2.31. The first-order valence-corrected chi connectivity index (χ1v) is 7.33. The van der Waals surface area contributed by atoms with Crippen molar-refractivity contribution in [2.45, 2.75) is 13.8 Å². The van der Waals surface area contributed by atoms with E-state index in [0.717, 1.165) is 0 Å². The van der Waals surface area contributed by atoms with Crippen LogP contribution in [0.15, 0.2) is 36.9 Å². The molecule has 0 saturated heterocycles. The van der Waals surface area contributed by atoms with Crippen LogP contribution in [0, 0.1) is 13.8 Å². The lowest BCUT2D eigenvalue weighted by atomic mass is 9.93. The SMILES string of the molecule is Cc1c2c(c(C)c3c[n+](C)ccc13)-c1c[n+](C)ccc1[NH2+]2. The average Bonchev–Trinajstić information content (AvgIpc) is 2.83. The number of fused-ring (bicyclic) bond motifs is 4. The molecule has 104 valence electrons. The summed E-state index contributed by atoms with van der Waals surface area (Å²) in [6.07, 6.45) is 8.71. The lowest BCUT2D eigenvalue weighted by Gasteiger charge is -2.09. The van der Waals surface area contributed by atoms with Crippen LogP contribution in [-0.2, 0) is 14.1 Å². The molecule has 1 aliphatic heterocycles. The molecule has 3 heterocycles. The van der Waals surface area contributed by atoms with Gasteiger partial charge in [-0.15, -0.1) is 0 Å². The van der Waals surface area contributed by atoms with Crippen molar-refractivity contribution in [2.75, 3.05) is 0 Å². The fraction of sp³-hybridized carbons (Fsp3) is 0.222. The molecule has 1 aliphatic rings. The van der Waals surface area contributed by atoms with Gasteiger partial charge in [0, 0.05) is 22.4 Å². The van der Waals surface area contributed by atoms with Gasteiger partial charge >= 0.3 is 0 Å². The summed E-state index contributed by atoms with van der Waals surface area (Å²) >= 11 is 0. The smallest absolute Gasteiger partial charge is 0.182 e. The predicted octanol–water partition coefficient (Wildman–Crippen LogP) is 1.61. The Kier molecular flexibility index (Phi) is 2.45. The molecule has 0 aliphatic carbocycles. The molecule has 0 spiro atoms. The van der Waals surface area contributed by atoms with Crippen LogP contribution in [0.5, 0.6) is 0 Å². The molecule has 0 saturated carbocycles. The zero-order valence-corrected chi connectivity index (χ0v) is 12.9. The molecule has 0 radical (unpaired) electrons. The summed E-state index contributed by atoms with van der Waals surface area (Å²) in [5.41, 5.74) is 8.22. The van der Waals surface area contributed by atoms with Gasteiger partial charge in [-0.25, -0.2) is 9.13 Å². The predicted molar refractivity (Wildman–Crippen MR) is 82.5 cm³/mol. The Morgan fingerprint density at radius 3 is 2.38 bits per heavy atom. The van der Waals surface area contributed by atoms with E-state index < -0.39 is 0 Å². The van der Waals surface area contributed by atoms with Gasteiger partial charge < -0.3 is 0 Å². The summed E-state index contributed by atoms with van der Waals surface area (Å²) in [4.78, 5) is 0. The summed E-state index contributed by atoms with van der Waals surface area (Å²) in [5, 5.41) is 5.04. The number of rotatable bonds is 0. The van der Waals surface area contributed by atoms with Crippen molar-refractivity contribution in [3.63, 3.8) is 0 Å². The summed E-state index contributed by atoms with van der Waals surface area (Å²) in [5.74, 6) is 0. The molecule has 2 N–H and O–H groups in total. The normalized spacial score (nSPS) is 12.6. The van der Waals surface area contributed by atoms with Crippen molar-refractivity contribution < 1.29 is 14.5 Å². The van der Waals surface area contributed by atoms with Crippen molar-refractivity contribution in [1.29, 1.82) is 0 Å². The molecule has 3 nitrogen and oxygen atoms in total. The molecule has 3 heteroatoms. The number of quaternary nitrogens is 1. The Morgan fingerprint density at radius 2 is 1.57 bits per heavy atom. The Hall–Kier alpha value is -2.26. The number of aromatic nitrogens is 2. The van der Waals surface area contributed by atoms with Crippen LogP contribution >= 0.6 is 0 Å². The van der Waals surface area contributed by atoms with E-state index in [-0.39, 0.29) is 0 Å². The summed E-state index contributed by atoms with van der Waals surface area (Å²) in [6, 6.07) is 4.44. The quantitative estimate of drug-likeness (QED) is 0.373. The number of pyridine rings is 2. The lowest BCUT2D eigenvalue weighted by Crippen LogP contribution is -2.69. The number of benzene rings is 1. The van der Waals surface area contributed by atoms with Crippen LogP contribution in [0.4, 0.5) is 11.4 Å². The summed E-state index contributed by atoms with van der Waals surface area (Å²) < 4.78 is 4.26. The van der Waals surface area contributed by atoms with Crippen LogP contribution in [0.25, 0.3) is 21.9 Å². The second-order valence-corrected chi connectivity index (χ2v) is 6.10. The van der Waals surface area contributed by atoms with Gasteiger partial charge in [-0.1, -0.05) is 0 Å². The van der Waals surface area contributed by atoms with Gasteiger partial charge in [0.25, 0.3) is 0 Å². The third-order valence-corrected chi connectivity index (χ3v) is 4.66. The molecule has 21 heavy (non-hydrogen) atoms. The molecule has 3 aromatic rings. The van der Waals surface area contributed by atoms with Gasteiger partial charge in [0.15, 0.2) is 30.5 Å². The molecule has 0 atom stereocenters. The Labute approximate surface area is 124 Å². The molecule has 2 aromatic heterocycles.